The molecule has 5 nitrogen and oxygen atoms in total. The van der Waals surface area contributed by atoms with Crippen molar-refractivity contribution < 1.29 is 8.42 Å². The number of aromatic nitrogens is 2. The van der Waals surface area contributed by atoms with Crippen molar-refractivity contribution in [3.8, 4) is 0 Å². The van der Waals surface area contributed by atoms with Crippen LogP contribution in [0.25, 0.3) is 0 Å². The summed E-state index contributed by atoms with van der Waals surface area (Å²) in [7, 11) is -1.82. The van der Waals surface area contributed by atoms with E-state index >= 15 is 0 Å². The van der Waals surface area contributed by atoms with E-state index in [0.717, 1.165) is 17.7 Å². The van der Waals surface area contributed by atoms with Crippen LogP contribution < -0.4 is 4.31 Å². The fraction of sp³-hybridized carbons (Fsp3) is 0.308. The molecule has 3 rings (SSSR count). The molecule has 0 N–H and O–H groups in total. The molecule has 0 fully saturated rings. The molecule has 19 heavy (non-hydrogen) atoms. The molecule has 0 bridgehead atoms. The highest BCUT2D eigenvalue weighted by molar-refractivity contribution is 7.92. The van der Waals surface area contributed by atoms with Gasteiger partial charge in [0.2, 0.25) is 0 Å². The zero-order valence-electron chi connectivity index (χ0n) is 10.8. The third kappa shape index (κ3) is 1.83. The van der Waals surface area contributed by atoms with E-state index in [9.17, 15) is 8.42 Å². The maximum Gasteiger partial charge on any atom is 0.283 e. The first-order valence-corrected chi connectivity index (χ1v) is 7.54. The second kappa shape index (κ2) is 4.09. The third-order valence-electron chi connectivity index (χ3n) is 3.35. The summed E-state index contributed by atoms with van der Waals surface area (Å²) in [4.78, 5) is 3.97. The molecule has 1 aromatic heterocycles. The van der Waals surface area contributed by atoms with Crippen LogP contribution in [-0.2, 0) is 23.5 Å². The first-order chi connectivity index (χ1) is 9.00. The Bertz CT molecular complexity index is 721. The Balaban J connectivity index is 2.12. The normalized spacial score (nSPS) is 18.6. The maximum absolute atomic E-state index is 12.7. The summed E-state index contributed by atoms with van der Waals surface area (Å²) in [5, 5.41) is 0.0959. The van der Waals surface area contributed by atoms with Crippen molar-refractivity contribution in [3.05, 3.63) is 42.4 Å². The molecule has 1 unspecified atom stereocenters. The number of hydrogen-bond donors (Lipinski definition) is 0. The van der Waals surface area contributed by atoms with Crippen LogP contribution in [0.5, 0.6) is 0 Å². The SMILES string of the molecule is CC1Cc2ccccc2N1S(=O)(=O)c1cn(C)cn1. The summed E-state index contributed by atoms with van der Waals surface area (Å²) < 4.78 is 28.5. The largest absolute Gasteiger partial charge is 0.339 e. The molecular formula is C13H15N3O2S. The van der Waals surface area contributed by atoms with Gasteiger partial charge in [-0.3, -0.25) is 4.31 Å². The minimum atomic E-state index is -3.58. The second-order valence-corrected chi connectivity index (χ2v) is 6.62. The molecule has 1 atom stereocenters. The van der Waals surface area contributed by atoms with Gasteiger partial charge < -0.3 is 4.57 Å². The predicted molar refractivity (Wildman–Crippen MR) is 72.5 cm³/mol. The van der Waals surface area contributed by atoms with Gasteiger partial charge in [-0.1, -0.05) is 18.2 Å². The van der Waals surface area contributed by atoms with E-state index in [0.29, 0.717) is 0 Å². The van der Waals surface area contributed by atoms with E-state index in [4.69, 9.17) is 0 Å². The quantitative estimate of drug-likeness (QED) is 0.837. The van der Waals surface area contributed by atoms with Gasteiger partial charge in [0.25, 0.3) is 10.0 Å². The number of rotatable bonds is 2. The first-order valence-electron chi connectivity index (χ1n) is 6.10. The fourth-order valence-electron chi connectivity index (χ4n) is 2.53. The summed E-state index contributed by atoms with van der Waals surface area (Å²) in [6.07, 6.45) is 3.77. The maximum atomic E-state index is 12.7. The van der Waals surface area contributed by atoms with Gasteiger partial charge in [0.1, 0.15) is 0 Å². The van der Waals surface area contributed by atoms with Crippen LogP contribution in [0.15, 0.2) is 41.8 Å². The van der Waals surface area contributed by atoms with E-state index in [1.54, 1.807) is 11.6 Å². The Labute approximate surface area is 112 Å². The van der Waals surface area contributed by atoms with Crippen molar-refractivity contribution >= 4 is 15.7 Å². The number of aryl methyl sites for hydroxylation is 1. The highest BCUT2D eigenvalue weighted by Crippen LogP contribution is 2.35. The summed E-state index contributed by atoms with van der Waals surface area (Å²) in [6, 6.07) is 7.53. The van der Waals surface area contributed by atoms with Crippen LogP contribution in [0.4, 0.5) is 5.69 Å². The number of hydrogen-bond acceptors (Lipinski definition) is 3. The molecule has 1 aliphatic rings. The van der Waals surface area contributed by atoms with Crippen LogP contribution >= 0.6 is 0 Å². The molecule has 2 aromatic rings. The van der Waals surface area contributed by atoms with Crippen LogP contribution in [-0.4, -0.2) is 24.0 Å². The Kier molecular flexibility index (Phi) is 2.63. The summed E-state index contributed by atoms with van der Waals surface area (Å²) in [6.45, 7) is 1.92. The van der Waals surface area contributed by atoms with Gasteiger partial charge in [0.15, 0.2) is 5.03 Å². The van der Waals surface area contributed by atoms with Crippen LogP contribution in [0, 0.1) is 0 Å². The minimum Gasteiger partial charge on any atom is -0.339 e. The number of anilines is 1. The number of sulfonamides is 1. The van der Waals surface area contributed by atoms with Gasteiger partial charge in [0.05, 0.1) is 12.0 Å². The topological polar surface area (TPSA) is 55.2 Å². The van der Waals surface area contributed by atoms with Gasteiger partial charge >= 0.3 is 0 Å². The van der Waals surface area contributed by atoms with Crippen molar-refractivity contribution in [2.24, 2.45) is 7.05 Å². The highest BCUT2D eigenvalue weighted by Gasteiger charge is 2.36. The molecule has 6 heteroatoms. The number of para-hydroxylation sites is 1. The molecule has 1 aromatic carbocycles. The molecule has 100 valence electrons. The van der Waals surface area contributed by atoms with Crippen molar-refractivity contribution in [1.29, 1.82) is 0 Å². The predicted octanol–water partition coefficient (Wildman–Crippen LogP) is 1.56. The Hall–Kier alpha value is -1.82. The molecular weight excluding hydrogens is 262 g/mol. The minimum absolute atomic E-state index is 0.0793. The number of benzene rings is 1. The second-order valence-electron chi connectivity index (χ2n) is 4.86. The molecule has 1 aliphatic heterocycles. The molecule has 0 saturated carbocycles. The average molecular weight is 277 g/mol. The summed E-state index contributed by atoms with van der Waals surface area (Å²) >= 11 is 0. The zero-order chi connectivity index (χ0) is 13.6. The third-order valence-corrected chi connectivity index (χ3v) is 5.16. The standard InChI is InChI=1S/C13H15N3O2S/c1-10-7-11-5-3-4-6-12(11)16(10)19(17,18)13-8-15(2)9-14-13/h3-6,8-10H,7H2,1-2H3. The van der Waals surface area contributed by atoms with Crippen molar-refractivity contribution in [2.45, 2.75) is 24.4 Å². The lowest BCUT2D eigenvalue weighted by Crippen LogP contribution is -2.35. The van der Waals surface area contributed by atoms with Crippen LogP contribution in [0.3, 0.4) is 0 Å². The molecule has 0 spiro atoms. The lowest BCUT2D eigenvalue weighted by molar-refractivity contribution is 0.581. The lowest BCUT2D eigenvalue weighted by atomic mass is 10.1. The number of fused-ring (bicyclic) bond motifs is 1. The summed E-state index contributed by atoms with van der Waals surface area (Å²) in [5.74, 6) is 0. The van der Waals surface area contributed by atoms with Gasteiger partial charge in [-0.05, 0) is 25.0 Å². The van der Waals surface area contributed by atoms with E-state index in [-0.39, 0.29) is 11.1 Å². The van der Waals surface area contributed by atoms with Gasteiger partial charge in [0, 0.05) is 19.3 Å². The average Bonchev–Trinajstić information content (AvgIpc) is 2.92. The highest BCUT2D eigenvalue weighted by atomic mass is 32.2. The van der Waals surface area contributed by atoms with Gasteiger partial charge in [-0.15, -0.1) is 0 Å². The smallest absolute Gasteiger partial charge is 0.283 e. The van der Waals surface area contributed by atoms with Crippen LogP contribution in [0.2, 0.25) is 0 Å². The Morgan fingerprint density at radius 2 is 2.05 bits per heavy atom. The number of imidazole rings is 1. The van der Waals surface area contributed by atoms with Crippen LogP contribution in [0.1, 0.15) is 12.5 Å². The monoisotopic (exact) mass is 277 g/mol. The molecule has 0 amide bonds. The van der Waals surface area contributed by atoms with E-state index in [2.05, 4.69) is 4.98 Å². The van der Waals surface area contributed by atoms with Gasteiger partial charge in [-0.25, -0.2) is 4.98 Å². The summed E-state index contributed by atoms with van der Waals surface area (Å²) in [5.41, 5.74) is 1.83. The fourth-order valence-corrected chi connectivity index (χ4v) is 4.19. The molecule has 0 aliphatic carbocycles. The van der Waals surface area contributed by atoms with E-state index < -0.39 is 10.0 Å². The van der Waals surface area contributed by atoms with Gasteiger partial charge in [-0.2, -0.15) is 8.42 Å². The molecule has 0 radical (unpaired) electrons. The van der Waals surface area contributed by atoms with Crippen molar-refractivity contribution in [2.75, 3.05) is 4.31 Å². The molecule has 2 heterocycles. The van der Waals surface area contributed by atoms with E-state index in [1.165, 1.54) is 16.8 Å². The zero-order valence-corrected chi connectivity index (χ0v) is 11.6. The Morgan fingerprint density at radius 1 is 1.32 bits per heavy atom. The molecule has 0 saturated heterocycles. The number of nitrogens with zero attached hydrogens (tertiary/aromatic N) is 3. The van der Waals surface area contributed by atoms with E-state index in [1.807, 2.05) is 31.2 Å². The Morgan fingerprint density at radius 3 is 2.74 bits per heavy atom. The van der Waals surface area contributed by atoms with Crippen molar-refractivity contribution in [1.82, 2.24) is 9.55 Å². The van der Waals surface area contributed by atoms with Crippen molar-refractivity contribution in [3.63, 3.8) is 0 Å². The lowest BCUT2D eigenvalue weighted by Gasteiger charge is -2.23. The first kappa shape index (κ1) is 12.2.